The Labute approximate surface area is 103 Å². The summed E-state index contributed by atoms with van der Waals surface area (Å²) >= 11 is 0. The van der Waals surface area contributed by atoms with E-state index in [2.05, 4.69) is 16.8 Å². The Bertz CT molecular complexity index is 656. The van der Waals surface area contributed by atoms with Crippen LogP contribution in [0.1, 0.15) is 12.0 Å². The van der Waals surface area contributed by atoms with Gasteiger partial charge in [0, 0.05) is 30.3 Å². The Morgan fingerprint density at radius 2 is 2.22 bits per heavy atom. The van der Waals surface area contributed by atoms with Crippen molar-refractivity contribution in [2.24, 2.45) is 0 Å². The largest absolute Gasteiger partial charge is 0.395 e. The van der Waals surface area contributed by atoms with Gasteiger partial charge in [-0.3, -0.25) is 15.1 Å². The van der Waals surface area contributed by atoms with E-state index in [0.717, 1.165) is 10.8 Å². The molecule has 0 unspecified atom stereocenters. The van der Waals surface area contributed by atoms with E-state index in [1.165, 1.54) is 6.07 Å². The van der Waals surface area contributed by atoms with E-state index in [0.29, 0.717) is 12.0 Å². The summed E-state index contributed by atoms with van der Waals surface area (Å²) in [6, 6.07) is 4.85. The molecule has 0 amide bonds. The third-order valence-electron chi connectivity index (χ3n) is 2.41. The van der Waals surface area contributed by atoms with Crippen LogP contribution in [0.2, 0.25) is 0 Å². The Morgan fingerprint density at radius 3 is 2.94 bits per heavy atom. The predicted octanol–water partition coefficient (Wildman–Crippen LogP) is 1.88. The minimum atomic E-state index is -0.456. The van der Waals surface area contributed by atoms with Crippen molar-refractivity contribution in [2.45, 2.75) is 6.42 Å². The van der Waals surface area contributed by atoms with Crippen molar-refractivity contribution in [1.82, 2.24) is 4.98 Å². The molecule has 2 aromatic rings. The zero-order chi connectivity index (χ0) is 13.0. The van der Waals surface area contributed by atoms with E-state index in [-0.39, 0.29) is 12.3 Å². The van der Waals surface area contributed by atoms with Gasteiger partial charge in [-0.15, -0.1) is 0 Å². The highest BCUT2D eigenvalue weighted by Crippen LogP contribution is 2.24. The van der Waals surface area contributed by atoms with Crippen LogP contribution in [0.4, 0.5) is 5.69 Å². The Kier molecular flexibility index (Phi) is 3.51. The number of fused-ring (bicyclic) bond motifs is 1. The average Bonchev–Trinajstić information content (AvgIpc) is 2.38. The number of rotatable bonds is 2. The fourth-order valence-electron chi connectivity index (χ4n) is 1.59. The van der Waals surface area contributed by atoms with Crippen LogP contribution in [0, 0.1) is 22.0 Å². The summed E-state index contributed by atoms with van der Waals surface area (Å²) in [5.41, 5.74) is 0.313. The van der Waals surface area contributed by atoms with Gasteiger partial charge in [0.2, 0.25) is 0 Å². The van der Waals surface area contributed by atoms with E-state index in [9.17, 15) is 10.1 Å². The number of benzene rings is 1. The molecule has 0 fully saturated rings. The fourth-order valence-corrected chi connectivity index (χ4v) is 1.59. The second-order valence-electron chi connectivity index (χ2n) is 3.62. The lowest BCUT2D eigenvalue weighted by atomic mass is 10.1. The maximum Gasteiger partial charge on any atom is 0.285 e. The van der Waals surface area contributed by atoms with Gasteiger partial charge in [0.25, 0.3) is 5.69 Å². The Balaban J connectivity index is 2.59. The molecule has 2 rings (SSSR count). The molecular weight excluding hydrogens is 232 g/mol. The van der Waals surface area contributed by atoms with Crippen molar-refractivity contribution in [2.75, 3.05) is 6.61 Å². The normalized spacial score (nSPS) is 9.83. The van der Waals surface area contributed by atoms with Gasteiger partial charge in [0.15, 0.2) is 0 Å². The van der Waals surface area contributed by atoms with Gasteiger partial charge in [-0.05, 0) is 17.5 Å². The minimum Gasteiger partial charge on any atom is -0.395 e. The quantitative estimate of drug-likeness (QED) is 0.495. The predicted molar refractivity (Wildman–Crippen MR) is 67.0 cm³/mol. The van der Waals surface area contributed by atoms with Crippen molar-refractivity contribution in [3.05, 3.63) is 46.3 Å². The van der Waals surface area contributed by atoms with Crippen LogP contribution >= 0.6 is 0 Å². The summed E-state index contributed by atoms with van der Waals surface area (Å²) in [7, 11) is 0. The average molecular weight is 242 g/mol. The lowest BCUT2D eigenvalue weighted by molar-refractivity contribution is -0.385. The highest BCUT2D eigenvalue weighted by molar-refractivity contribution is 5.86. The first-order valence-corrected chi connectivity index (χ1v) is 5.34. The Hall–Kier alpha value is -2.45. The highest BCUT2D eigenvalue weighted by Gasteiger charge is 2.13. The van der Waals surface area contributed by atoms with Crippen molar-refractivity contribution < 1.29 is 10.0 Å². The Morgan fingerprint density at radius 1 is 1.39 bits per heavy atom. The molecule has 1 aromatic heterocycles. The lowest BCUT2D eigenvalue weighted by Gasteiger charge is -1.99. The molecule has 5 nitrogen and oxygen atoms in total. The van der Waals surface area contributed by atoms with E-state index in [1.807, 2.05) is 0 Å². The molecular formula is C13H10N2O3. The first-order valence-electron chi connectivity index (χ1n) is 5.34. The maximum atomic E-state index is 11.0. The van der Waals surface area contributed by atoms with E-state index >= 15 is 0 Å². The highest BCUT2D eigenvalue weighted by atomic mass is 16.6. The summed E-state index contributed by atoms with van der Waals surface area (Å²) in [6.45, 7) is -0.0596. The molecule has 0 bridgehead atoms. The number of aliphatic hydroxyl groups is 1. The van der Waals surface area contributed by atoms with Crippen molar-refractivity contribution in [1.29, 1.82) is 0 Å². The van der Waals surface area contributed by atoms with Gasteiger partial charge in [-0.2, -0.15) is 0 Å². The zero-order valence-electron chi connectivity index (χ0n) is 9.46. The standard InChI is InChI=1S/C13H10N2O3/c16-6-2-1-3-11-7-12-9-14-5-4-10(12)8-13(11)15(17)18/h4-5,7-9,16H,2,6H2. The number of aliphatic hydroxyl groups excluding tert-OH is 1. The summed E-state index contributed by atoms with van der Waals surface area (Å²) in [6.07, 6.45) is 3.52. The molecule has 0 aliphatic rings. The summed E-state index contributed by atoms with van der Waals surface area (Å²) in [5.74, 6) is 5.39. The second-order valence-corrected chi connectivity index (χ2v) is 3.62. The van der Waals surface area contributed by atoms with E-state index < -0.39 is 4.92 Å². The number of nitro benzene ring substituents is 1. The number of nitro groups is 1. The molecule has 1 N–H and O–H groups in total. The van der Waals surface area contributed by atoms with Crippen LogP contribution in [-0.4, -0.2) is 21.6 Å². The smallest absolute Gasteiger partial charge is 0.285 e. The number of hydrogen-bond donors (Lipinski definition) is 1. The van der Waals surface area contributed by atoms with Crippen molar-refractivity contribution in [3.8, 4) is 11.8 Å². The molecule has 0 radical (unpaired) electrons. The molecule has 90 valence electrons. The van der Waals surface area contributed by atoms with Crippen LogP contribution in [0.3, 0.4) is 0 Å². The third kappa shape index (κ3) is 2.44. The molecule has 18 heavy (non-hydrogen) atoms. The monoisotopic (exact) mass is 242 g/mol. The molecule has 5 heteroatoms. The number of nitrogens with zero attached hydrogens (tertiary/aromatic N) is 2. The zero-order valence-corrected chi connectivity index (χ0v) is 9.46. The minimum absolute atomic E-state index is 0.0286. The van der Waals surface area contributed by atoms with E-state index in [1.54, 1.807) is 24.5 Å². The van der Waals surface area contributed by atoms with E-state index in [4.69, 9.17) is 5.11 Å². The SMILES string of the molecule is O=[N+]([O-])c1cc2ccncc2cc1C#CCCO. The third-order valence-corrected chi connectivity index (χ3v) is 2.41. The molecule has 1 aromatic carbocycles. The van der Waals surface area contributed by atoms with Gasteiger partial charge < -0.3 is 5.11 Å². The molecule has 0 aliphatic carbocycles. The van der Waals surface area contributed by atoms with Gasteiger partial charge in [-0.25, -0.2) is 0 Å². The summed E-state index contributed by atoms with van der Waals surface area (Å²) < 4.78 is 0. The number of hydrogen-bond acceptors (Lipinski definition) is 4. The van der Waals surface area contributed by atoms with Crippen molar-refractivity contribution in [3.63, 3.8) is 0 Å². The topological polar surface area (TPSA) is 76.3 Å². The first-order chi connectivity index (χ1) is 8.72. The van der Waals surface area contributed by atoms with Crippen LogP contribution in [0.5, 0.6) is 0 Å². The molecule has 0 atom stereocenters. The molecule has 0 saturated carbocycles. The summed E-state index contributed by atoms with van der Waals surface area (Å²) in [5, 5.41) is 21.2. The fraction of sp³-hybridized carbons (Fsp3) is 0.154. The molecule has 0 spiro atoms. The molecule has 0 aliphatic heterocycles. The van der Waals surface area contributed by atoms with Crippen LogP contribution in [0.25, 0.3) is 10.8 Å². The van der Waals surface area contributed by atoms with Crippen LogP contribution in [-0.2, 0) is 0 Å². The number of pyridine rings is 1. The van der Waals surface area contributed by atoms with Crippen molar-refractivity contribution >= 4 is 16.5 Å². The second kappa shape index (κ2) is 5.25. The molecule has 1 heterocycles. The van der Waals surface area contributed by atoms with Gasteiger partial charge >= 0.3 is 0 Å². The first kappa shape index (κ1) is 12.0. The lowest BCUT2D eigenvalue weighted by Crippen LogP contribution is -1.93. The van der Waals surface area contributed by atoms with Crippen LogP contribution < -0.4 is 0 Å². The van der Waals surface area contributed by atoms with Crippen LogP contribution in [0.15, 0.2) is 30.6 Å². The molecule has 0 saturated heterocycles. The maximum absolute atomic E-state index is 11.0. The van der Waals surface area contributed by atoms with Gasteiger partial charge in [0.05, 0.1) is 11.5 Å². The van der Waals surface area contributed by atoms with Gasteiger partial charge in [-0.1, -0.05) is 11.8 Å². The van der Waals surface area contributed by atoms with Gasteiger partial charge in [0.1, 0.15) is 5.56 Å². The number of aromatic nitrogens is 1. The summed E-state index contributed by atoms with van der Waals surface area (Å²) in [4.78, 5) is 14.5.